The van der Waals surface area contributed by atoms with Crippen molar-refractivity contribution in [3.63, 3.8) is 0 Å². The zero-order chi connectivity index (χ0) is 14.9. The number of rotatable bonds is 4. The Kier molecular flexibility index (Phi) is 3.44. The maximum absolute atomic E-state index is 11.7. The first-order valence-corrected chi connectivity index (χ1v) is 7.10. The van der Waals surface area contributed by atoms with Gasteiger partial charge in [0.2, 0.25) is 0 Å². The van der Waals surface area contributed by atoms with E-state index in [0.29, 0.717) is 36.8 Å². The van der Waals surface area contributed by atoms with Gasteiger partial charge in [-0.3, -0.25) is 9.78 Å². The van der Waals surface area contributed by atoms with E-state index in [-0.39, 0.29) is 0 Å². The number of anilines is 1. The molecule has 8 heteroatoms. The summed E-state index contributed by atoms with van der Waals surface area (Å²) in [6, 6.07) is 0. The number of aliphatic carboxylic acids is 1. The van der Waals surface area contributed by atoms with Crippen molar-refractivity contribution < 1.29 is 9.90 Å². The summed E-state index contributed by atoms with van der Waals surface area (Å²) < 4.78 is 1.52. The molecular weight excluding hydrogens is 272 g/mol. The van der Waals surface area contributed by atoms with Gasteiger partial charge < -0.3 is 10.4 Å². The molecule has 8 nitrogen and oxygen atoms in total. The largest absolute Gasteiger partial charge is 0.481 e. The highest BCUT2D eigenvalue weighted by Crippen LogP contribution is 2.39. The Hall–Kier alpha value is -2.25. The minimum absolute atomic E-state index is 0.357. The topological polar surface area (TPSA) is 105 Å². The summed E-state index contributed by atoms with van der Waals surface area (Å²) in [5.74, 6) is 0.470. The number of carboxylic acid groups (broad SMARTS) is 1. The minimum atomic E-state index is -0.737. The van der Waals surface area contributed by atoms with Crippen LogP contribution in [0.25, 0.3) is 5.65 Å². The van der Waals surface area contributed by atoms with Crippen LogP contribution < -0.4 is 5.32 Å². The van der Waals surface area contributed by atoms with Crippen LogP contribution in [0.4, 0.5) is 5.82 Å². The second-order valence-corrected chi connectivity index (χ2v) is 5.86. The van der Waals surface area contributed by atoms with Gasteiger partial charge >= 0.3 is 5.97 Å². The van der Waals surface area contributed by atoms with Gasteiger partial charge in [-0.25, -0.2) is 0 Å². The molecule has 0 saturated heterocycles. The maximum Gasteiger partial charge on any atom is 0.311 e. The summed E-state index contributed by atoms with van der Waals surface area (Å²) in [5, 5.41) is 24.1. The molecular formula is C13H18N6O2. The molecule has 1 saturated carbocycles. The molecule has 21 heavy (non-hydrogen) atoms. The van der Waals surface area contributed by atoms with E-state index < -0.39 is 11.4 Å². The SMILES string of the molecule is CC1CCC(CNc2cncc3nnnn23)(C(=O)O)CC1. The number of nitrogens with zero attached hydrogens (tertiary/aromatic N) is 5. The number of tetrazole rings is 1. The Morgan fingerprint density at radius 1 is 1.48 bits per heavy atom. The van der Waals surface area contributed by atoms with E-state index in [4.69, 9.17) is 0 Å². The average molecular weight is 290 g/mol. The number of carboxylic acids is 1. The lowest BCUT2D eigenvalue weighted by atomic mass is 9.71. The molecule has 1 aliphatic rings. The molecule has 2 aromatic rings. The molecule has 2 aromatic heterocycles. The first kappa shape index (κ1) is 13.7. The third-order valence-corrected chi connectivity index (χ3v) is 4.40. The van der Waals surface area contributed by atoms with Crippen molar-refractivity contribution >= 4 is 17.4 Å². The van der Waals surface area contributed by atoms with E-state index in [1.807, 2.05) is 0 Å². The fourth-order valence-corrected chi connectivity index (χ4v) is 2.84. The molecule has 0 bridgehead atoms. The van der Waals surface area contributed by atoms with E-state index in [0.717, 1.165) is 12.8 Å². The van der Waals surface area contributed by atoms with Crippen LogP contribution in [0.15, 0.2) is 12.4 Å². The van der Waals surface area contributed by atoms with Crippen LogP contribution >= 0.6 is 0 Å². The first-order chi connectivity index (χ1) is 10.1. The Labute approximate surface area is 121 Å². The quantitative estimate of drug-likeness (QED) is 0.871. The van der Waals surface area contributed by atoms with Gasteiger partial charge in [0.15, 0.2) is 5.65 Å². The smallest absolute Gasteiger partial charge is 0.311 e. The summed E-state index contributed by atoms with van der Waals surface area (Å²) in [6.07, 6.45) is 6.43. The van der Waals surface area contributed by atoms with Crippen LogP contribution in [-0.4, -0.2) is 42.6 Å². The zero-order valence-corrected chi connectivity index (χ0v) is 11.9. The van der Waals surface area contributed by atoms with Gasteiger partial charge in [-0.1, -0.05) is 6.92 Å². The van der Waals surface area contributed by atoms with Crippen LogP contribution in [0.1, 0.15) is 32.6 Å². The molecule has 112 valence electrons. The third-order valence-electron chi connectivity index (χ3n) is 4.40. The standard InChI is InChI=1S/C13H18N6O2/c1-9-2-4-13(5-3-9,12(20)21)8-15-10-6-14-7-11-16-17-18-19(10)11/h6-7,9,15H,2-5,8H2,1H3,(H,20,21). The third kappa shape index (κ3) is 2.53. The lowest BCUT2D eigenvalue weighted by Crippen LogP contribution is -2.41. The van der Waals surface area contributed by atoms with Crippen molar-refractivity contribution in [3.8, 4) is 0 Å². The van der Waals surface area contributed by atoms with E-state index in [1.165, 1.54) is 4.52 Å². The number of hydrogen-bond donors (Lipinski definition) is 2. The van der Waals surface area contributed by atoms with E-state index in [9.17, 15) is 9.90 Å². The van der Waals surface area contributed by atoms with Crippen molar-refractivity contribution in [2.24, 2.45) is 11.3 Å². The summed E-state index contributed by atoms with van der Waals surface area (Å²) in [6.45, 7) is 2.53. The molecule has 1 aliphatic carbocycles. The molecule has 1 fully saturated rings. The molecule has 0 radical (unpaired) electrons. The predicted molar refractivity (Wildman–Crippen MR) is 74.8 cm³/mol. The van der Waals surface area contributed by atoms with Gasteiger partial charge in [0.1, 0.15) is 5.82 Å². The monoisotopic (exact) mass is 290 g/mol. The molecule has 3 rings (SSSR count). The normalized spacial score (nSPS) is 25.9. The van der Waals surface area contributed by atoms with Gasteiger partial charge in [-0.2, -0.15) is 4.52 Å². The Morgan fingerprint density at radius 2 is 2.24 bits per heavy atom. The Balaban J connectivity index is 1.78. The molecule has 2 N–H and O–H groups in total. The fourth-order valence-electron chi connectivity index (χ4n) is 2.84. The van der Waals surface area contributed by atoms with Crippen molar-refractivity contribution in [1.29, 1.82) is 0 Å². The fraction of sp³-hybridized carbons (Fsp3) is 0.615. The molecule has 0 spiro atoms. The molecule has 0 aromatic carbocycles. The van der Waals surface area contributed by atoms with Gasteiger partial charge in [-0.05, 0) is 42.0 Å². The van der Waals surface area contributed by atoms with Crippen LogP contribution in [0, 0.1) is 11.3 Å². The van der Waals surface area contributed by atoms with Crippen molar-refractivity contribution in [3.05, 3.63) is 12.4 Å². The van der Waals surface area contributed by atoms with Crippen molar-refractivity contribution in [1.82, 2.24) is 25.0 Å². The van der Waals surface area contributed by atoms with Gasteiger partial charge in [0, 0.05) is 6.54 Å². The average Bonchev–Trinajstić information content (AvgIpc) is 2.96. The van der Waals surface area contributed by atoms with Crippen LogP contribution in [-0.2, 0) is 4.79 Å². The molecule has 0 unspecified atom stereocenters. The predicted octanol–water partition coefficient (Wildman–Crippen LogP) is 1.21. The lowest BCUT2D eigenvalue weighted by Gasteiger charge is -2.36. The van der Waals surface area contributed by atoms with Crippen molar-refractivity contribution in [2.45, 2.75) is 32.6 Å². The first-order valence-electron chi connectivity index (χ1n) is 7.10. The number of hydrogen-bond acceptors (Lipinski definition) is 6. The number of nitrogens with one attached hydrogen (secondary N) is 1. The second-order valence-electron chi connectivity index (χ2n) is 5.86. The zero-order valence-electron chi connectivity index (χ0n) is 11.9. The van der Waals surface area contributed by atoms with E-state index >= 15 is 0 Å². The maximum atomic E-state index is 11.7. The summed E-state index contributed by atoms with van der Waals surface area (Å²) in [7, 11) is 0. The molecule has 0 amide bonds. The lowest BCUT2D eigenvalue weighted by molar-refractivity contribution is -0.150. The highest BCUT2D eigenvalue weighted by Gasteiger charge is 2.41. The number of carbonyl (C=O) groups is 1. The Morgan fingerprint density at radius 3 is 2.95 bits per heavy atom. The van der Waals surface area contributed by atoms with E-state index in [2.05, 4.69) is 32.7 Å². The Bertz CT molecular complexity index is 647. The molecule has 0 atom stereocenters. The van der Waals surface area contributed by atoms with Crippen LogP contribution in [0.3, 0.4) is 0 Å². The second kappa shape index (κ2) is 5.27. The van der Waals surface area contributed by atoms with E-state index in [1.54, 1.807) is 12.4 Å². The highest BCUT2D eigenvalue weighted by atomic mass is 16.4. The molecule has 2 heterocycles. The van der Waals surface area contributed by atoms with Crippen LogP contribution in [0.2, 0.25) is 0 Å². The van der Waals surface area contributed by atoms with Crippen molar-refractivity contribution in [2.75, 3.05) is 11.9 Å². The number of fused-ring (bicyclic) bond motifs is 1. The number of aromatic nitrogens is 5. The van der Waals surface area contributed by atoms with Gasteiger partial charge in [0.25, 0.3) is 0 Å². The van der Waals surface area contributed by atoms with Crippen LogP contribution in [0.5, 0.6) is 0 Å². The van der Waals surface area contributed by atoms with Gasteiger partial charge in [0.05, 0.1) is 17.8 Å². The molecule has 0 aliphatic heterocycles. The highest BCUT2D eigenvalue weighted by molar-refractivity contribution is 5.75. The van der Waals surface area contributed by atoms with Gasteiger partial charge in [-0.15, -0.1) is 5.10 Å². The summed E-state index contributed by atoms with van der Waals surface area (Å²) in [5.41, 5.74) is -0.190. The summed E-state index contributed by atoms with van der Waals surface area (Å²) in [4.78, 5) is 15.8. The minimum Gasteiger partial charge on any atom is -0.481 e. The summed E-state index contributed by atoms with van der Waals surface area (Å²) >= 11 is 0.